The summed E-state index contributed by atoms with van der Waals surface area (Å²) in [7, 11) is 6.14. The molecule has 0 bridgehead atoms. The highest BCUT2D eigenvalue weighted by Crippen LogP contribution is 2.13. The number of likely N-dealkylation sites (tertiary alicyclic amines) is 1. The maximum atomic E-state index is 4.40. The molecule has 1 aromatic carbocycles. The van der Waals surface area contributed by atoms with Gasteiger partial charge in [0.15, 0.2) is 5.96 Å². The van der Waals surface area contributed by atoms with Gasteiger partial charge in [0.1, 0.15) is 0 Å². The highest BCUT2D eigenvalue weighted by atomic mass is 15.3. The van der Waals surface area contributed by atoms with Crippen molar-refractivity contribution >= 4 is 5.96 Å². The van der Waals surface area contributed by atoms with Crippen LogP contribution in [0.15, 0.2) is 29.3 Å². The van der Waals surface area contributed by atoms with Gasteiger partial charge in [-0.05, 0) is 38.4 Å². The molecule has 21 heavy (non-hydrogen) atoms. The Hall–Kier alpha value is -1.55. The molecule has 1 saturated heterocycles. The van der Waals surface area contributed by atoms with Crippen molar-refractivity contribution in [3.8, 4) is 0 Å². The molecule has 0 radical (unpaired) electrons. The van der Waals surface area contributed by atoms with Gasteiger partial charge in [-0.3, -0.25) is 4.99 Å². The van der Waals surface area contributed by atoms with E-state index in [1.165, 1.54) is 30.6 Å². The topological polar surface area (TPSA) is 30.9 Å². The molecule has 0 aliphatic carbocycles. The molecule has 1 aromatic rings. The molecule has 4 nitrogen and oxygen atoms in total. The van der Waals surface area contributed by atoms with Crippen LogP contribution >= 0.6 is 0 Å². The lowest BCUT2D eigenvalue weighted by Crippen LogP contribution is -2.41. The van der Waals surface area contributed by atoms with Gasteiger partial charge in [-0.2, -0.15) is 0 Å². The van der Waals surface area contributed by atoms with E-state index in [2.05, 4.69) is 65.4 Å². The van der Waals surface area contributed by atoms with Gasteiger partial charge < -0.3 is 15.1 Å². The molecule has 1 fully saturated rings. The third kappa shape index (κ3) is 4.74. The average molecular weight is 288 g/mol. The zero-order chi connectivity index (χ0) is 15.2. The Morgan fingerprint density at radius 3 is 2.67 bits per heavy atom. The smallest absolute Gasteiger partial charge is 0.193 e. The predicted octanol–water partition coefficient (Wildman–Crippen LogP) is 1.95. The molecule has 2 rings (SSSR count). The Morgan fingerprint density at radius 1 is 1.38 bits per heavy atom. The molecule has 116 valence electrons. The van der Waals surface area contributed by atoms with Gasteiger partial charge in [0.05, 0.1) is 0 Å². The first kappa shape index (κ1) is 15.8. The van der Waals surface area contributed by atoms with Crippen molar-refractivity contribution in [1.82, 2.24) is 15.1 Å². The quantitative estimate of drug-likeness (QED) is 0.679. The molecule has 1 atom stereocenters. The Balaban J connectivity index is 1.84. The van der Waals surface area contributed by atoms with Gasteiger partial charge in [-0.15, -0.1) is 0 Å². The Labute approximate surface area is 128 Å². The fraction of sp³-hybridized carbons (Fsp3) is 0.588. The van der Waals surface area contributed by atoms with Gasteiger partial charge in [-0.1, -0.05) is 29.8 Å². The molecular formula is C17H28N4. The van der Waals surface area contributed by atoms with Gasteiger partial charge >= 0.3 is 0 Å². The lowest BCUT2D eigenvalue weighted by molar-refractivity contribution is 0.390. The van der Waals surface area contributed by atoms with Crippen LogP contribution in [-0.4, -0.2) is 56.5 Å². The van der Waals surface area contributed by atoms with E-state index in [0.29, 0.717) is 0 Å². The molecule has 1 aliphatic heterocycles. The zero-order valence-corrected chi connectivity index (χ0v) is 13.8. The molecule has 0 saturated carbocycles. The first-order valence-electron chi connectivity index (χ1n) is 7.74. The number of hydrogen-bond donors (Lipinski definition) is 1. The molecule has 0 spiro atoms. The number of aryl methyl sites for hydroxylation is 1. The van der Waals surface area contributed by atoms with Gasteiger partial charge in [0.2, 0.25) is 0 Å². The molecule has 1 heterocycles. The fourth-order valence-electron chi connectivity index (χ4n) is 2.86. The standard InChI is InChI=1S/C17H28N4/c1-14-5-7-15(8-6-14)13-21(4)17(18-2)19-11-16-9-10-20(3)12-16/h5-8,16H,9-13H2,1-4H3,(H,18,19). The summed E-state index contributed by atoms with van der Waals surface area (Å²) in [5.74, 6) is 1.71. The number of benzene rings is 1. The SMILES string of the molecule is CN=C(NCC1CCN(C)C1)N(C)Cc1ccc(C)cc1. The van der Waals surface area contributed by atoms with E-state index < -0.39 is 0 Å². The highest BCUT2D eigenvalue weighted by Gasteiger charge is 2.19. The van der Waals surface area contributed by atoms with E-state index in [0.717, 1.165) is 25.0 Å². The van der Waals surface area contributed by atoms with E-state index in [-0.39, 0.29) is 0 Å². The largest absolute Gasteiger partial charge is 0.356 e. The first-order chi connectivity index (χ1) is 10.1. The van der Waals surface area contributed by atoms with Crippen molar-refractivity contribution in [1.29, 1.82) is 0 Å². The minimum Gasteiger partial charge on any atom is -0.356 e. The molecule has 1 N–H and O–H groups in total. The van der Waals surface area contributed by atoms with Crippen LogP contribution in [0.1, 0.15) is 17.5 Å². The van der Waals surface area contributed by atoms with Crippen molar-refractivity contribution in [3.63, 3.8) is 0 Å². The molecule has 0 amide bonds. The third-order valence-corrected chi connectivity index (χ3v) is 4.15. The van der Waals surface area contributed by atoms with Gasteiger partial charge in [0, 0.05) is 33.7 Å². The van der Waals surface area contributed by atoms with Crippen LogP contribution in [-0.2, 0) is 6.54 Å². The second-order valence-electron chi connectivity index (χ2n) is 6.19. The number of guanidine groups is 1. The van der Waals surface area contributed by atoms with Crippen LogP contribution in [0.4, 0.5) is 0 Å². The number of rotatable bonds is 4. The summed E-state index contributed by atoms with van der Waals surface area (Å²) in [6, 6.07) is 8.69. The number of nitrogens with one attached hydrogen (secondary N) is 1. The Bertz CT molecular complexity index is 466. The summed E-state index contributed by atoms with van der Waals surface area (Å²) in [5, 5.41) is 3.51. The second kappa shape index (κ2) is 7.46. The van der Waals surface area contributed by atoms with Crippen LogP contribution < -0.4 is 5.32 Å². The number of hydrogen-bond acceptors (Lipinski definition) is 2. The Kier molecular flexibility index (Phi) is 5.62. The van der Waals surface area contributed by atoms with E-state index in [1.54, 1.807) is 0 Å². The van der Waals surface area contributed by atoms with E-state index in [1.807, 2.05) is 7.05 Å². The van der Waals surface area contributed by atoms with Gasteiger partial charge in [-0.25, -0.2) is 0 Å². The molecule has 1 aliphatic rings. The summed E-state index contributed by atoms with van der Waals surface area (Å²) in [4.78, 5) is 8.98. The highest BCUT2D eigenvalue weighted by molar-refractivity contribution is 5.79. The fourth-order valence-corrected chi connectivity index (χ4v) is 2.86. The van der Waals surface area contributed by atoms with Crippen molar-refractivity contribution in [2.45, 2.75) is 19.9 Å². The van der Waals surface area contributed by atoms with Crippen molar-refractivity contribution in [2.75, 3.05) is 40.8 Å². The lowest BCUT2D eigenvalue weighted by atomic mass is 10.1. The minimum atomic E-state index is 0.736. The van der Waals surface area contributed by atoms with E-state index >= 15 is 0 Å². The molecular weight excluding hydrogens is 260 g/mol. The third-order valence-electron chi connectivity index (χ3n) is 4.15. The van der Waals surface area contributed by atoms with Crippen molar-refractivity contribution < 1.29 is 0 Å². The number of nitrogens with zero attached hydrogens (tertiary/aromatic N) is 3. The summed E-state index contributed by atoms with van der Waals surface area (Å²) < 4.78 is 0. The summed E-state index contributed by atoms with van der Waals surface area (Å²) >= 11 is 0. The molecule has 1 unspecified atom stereocenters. The minimum absolute atomic E-state index is 0.736. The summed E-state index contributed by atoms with van der Waals surface area (Å²) in [6.07, 6.45) is 1.28. The van der Waals surface area contributed by atoms with Crippen molar-refractivity contribution in [3.05, 3.63) is 35.4 Å². The maximum Gasteiger partial charge on any atom is 0.193 e. The maximum absolute atomic E-state index is 4.40. The lowest BCUT2D eigenvalue weighted by Gasteiger charge is -2.23. The van der Waals surface area contributed by atoms with Crippen LogP contribution in [0, 0.1) is 12.8 Å². The first-order valence-corrected chi connectivity index (χ1v) is 7.74. The predicted molar refractivity (Wildman–Crippen MR) is 89.6 cm³/mol. The van der Waals surface area contributed by atoms with Crippen LogP contribution in [0.25, 0.3) is 0 Å². The van der Waals surface area contributed by atoms with Crippen LogP contribution in [0.2, 0.25) is 0 Å². The summed E-state index contributed by atoms with van der Waals surface area (Å²) in [5.41, 5.74) is 2.61. The van der Waals surface area contributed by atoms with Crippen molar-refractivity contribution in [2.24, 2.45) is 10.9 Å². The summed E-state index contributed by atoms with van der Waals surface area (Å²) in [6.45, 7) is 6.40. The molecule has 0 aromatic heterocycles. The zero-order valence-electron chi connectivity index (χ0n) is 13.8. The van der Waals surface area contributed by atoms with E-state index in [9.17, 15) is 0 Å². The average Bonchev–Trinajstić information content (AvgIpc) is 2.88. The monoisotopic (exact) mass is 288 g/mol. The second-order valence-corrected chi connectivity index (χ2v) is 6.19. The normalized spacial score (nSPS) is 19.8. The van der Waals surface area contributed by atoms with Crippen LogP contribution in [0.3, 0.4) is 0 Å². The molecule has 4 heteroatoms. The van der Waals surface area contributed by atoms with Crippen LogP contribution in [0.5, 0.6) is 0 Å². The Morgan fingerprint density at radius 2 is 2.10 bits per heavy atom. The number of aliphatic imine (C=N–C) groups is 1. The van der Waals surface area contributed by atoms with E-state index in [4.69, 9.17) is 0 Å². The van der Waals surface area contributed by atoms with Gasteiger partial charge in [0.25, 0.3) is 0 Å².